The number of piperazine rings is 1. The summed E-state index contributed by atoms with van der Waals surface area (Å²) in [6, 6.07) is 0. The average Bonchev–Trinajstić information content (AvgIpc) is 2.38. The van der Waals surface area contributed by atoms with Crippen LogP contribution >= 0.6 is 0 Å². The molecule has 0 aromatic carbocycles. The van der Waals surface area contributed by atoms with Gasteiger partial charge in [0.25, 0.3) is 0 Å². The molecule has 21 heavy (non-hydrogen) atoms. The largest absolute Gasteiger partial charge is 0.444 e. The Morgan fingerprint density at radius 1 is 1.19 bits per heavy atom. The second-order valence-corrected chi connectivity index (χ2v) is 7.22. The third-order valence-corrected chi connectivity index (χ3v) is 4.08. The number of ether oxygens (including phenoxy) is 1. The summed E-state index contributed by atoms with van der Waals surface area (Å²) in [4.78, 5) is 16.0. The highest BCUT2D eigenvalue weighted by atomic mass is 16.6. The van der Waals surface area contributed by atoms with Gasteiger partial charge in [0.15, 0.2) is 0 Å². The third kappa shape index (κ3) is 5.13. The lowest BCUT2D eigenvalue weighted by Crippen LogP contribution is -2.55. The summed E-state index contributed by atoms with van der Waals surface area (Å²) < 4.78 is 5.39. The quantitative estimate of drug-likeness (QED) is 0.784. The van der Waals surface area contributed by atoms with Crippen molar-refractivity contribution in [3.05, 3.63) is 0 Å². The summed E-state index contributed by atoms with van der Waals surface area (Å²) in [7, 11) is 0. The van der Waals surface area contributed by atoms with Crippen molar-refractivity contribution in [1.82, 2.24) is 15.1 Å². The van der Waals surface area contributed by atoms with Crippen molar-refractivity contribution in [2.45, 2.75) is 44.8 Å². The minimum Gasteiger partial charge on any atom is -0.444 e. The zero-order valence-electron chi connectivity index (χ0n) is 13.5. The minimum atomic E-state index is -0.570. The fraction of sp³-hybridized carbons (Fsp3) is 0.933. The van der Waals surface area contributed by atoms with E-state index in [1.54, 1.807) is 4.90 Å². The second kappa shape index (κ2) is 6.50. The van der Waals surface area contributed by atoms with E-state index in [1.807, 2.05) is 20.8 Å². The van der Waals surface area contributed by atoms with Crippen molar-refractivity contribution >= 4 is 6.09 Å². The van der Waals surface area contributed by atoms with Gasteiger partial charge in [0.05, 0.1) is 5.60 Å². The fourth-order valence-corrected chi connectivity index (χ4v) is 2.88. The van der Waals surface area contributed by atoms with Gasteiger partial charge in [0, 0.05) is 32.7 Å². The molecule has 2 aliphatic heterocycles. The Bertz CT molecular complexity index is 354. The first-order valence-corrected chi connectivity index (χ1v) is 7.91. The summed E-state index contributed by atoms with van der Waals surface area (Å²) in [6.45, 7) is 11.1. The van der Waals surface area contributed by atoms with Gasteiger partial charge in [0.2, 0.25) is 0 Å². The lowest BCUT2D eigenvalue weighted by Gasteiger charge is -2.41. The molecule has 0 bridgehead atoms. The molecular formula is C15H29N3O3. The van der Waals surface area contributed by atoms with Crippen LogP contribution in [0.3, 0.4) is 0 Å². The highest BCUT2D eigenvalue weighted by Gasteiger charge is 2.33. The molecule has 1 amide bonds. The van der Waals surface area contributed by atoms with Gasteiger partial charge in [-0.15, -0.1) is 0 Å². The van der Waals surface area contributed by atoms with E-state index in [4.69, 9.17) is 4.74 Å². The van der Waals surface area contributed by atoms with E-state index in [1.165, 1.54) is 0 Å². The second-order valence-electron chi connectivity index (χ2n) is 7.22. The molecule has 0 aromatic heterocycles. The van der Waals surface area contributed by atoms with Crippen molar-refractivity contribution in [2.75, 3.05) is 45.8 Å². The number of hydrogen-bond donors (Lipinski definition) is 2. The Balaban J connectivity index is 1.76. The van der Waals surface area contributed by atoms with Gasteiger partial charge >= 0.3 is 6.09 Å². The molecular weight excluding hydrogens is 270 g/mol. The summed E-state index contributed by atoms with van der Waals surface area (Å²) in [5, 5.41) is 13.8. The molecule has 2 aliphatic rings. The smallest absolute Gasteiger partial charge is 0.410 e. The Labute approximate surface area is 127 Å². The van der Waals surface area contributed by atoms with Crippen molar-refractivity contribution in [1.29, 1.82) is 0 Å². The van der Waals surface area contributed by atoms with Gasteiger partial charge in [-0.1, -0.05) is 0 Å². The Hall–Kier alpha value is -0.850. The number of nitrogens with one attached hydrogen (secondary N) is 1. The maximum Gasteiger partial charge on any atom is 0.410 e. The molecule has 122 valence electrons. The molecule has 2 rings (SSSR count). The van der Waals surface area contributed by atoms with Crippen LogP contribution in [0.2, 0.25) is 0 Å². The zero-order valence-corrected chi connectivity index (χ0v) is 13.5. The summed E-state index contributed by atoms with van der Waals surface area (Å²) in [6.07, 6.45) is 1.38. The normalized spacial score (nSPS) is 23.9. The van der Waals surface area contributed by atoms with Crippen molar-refractivity contribution in [3.63, 3.8) is 0 Å². The van der Waals surface area contributed by atoms with Crippen LogP contribution in [0.15, 0.2) is 0 Å². The van der Waals surface area contributed by atoms with Crippen LogP contribution in [0.1, 0.15) is 33.6 Å². The topological polar surface area (TPSA) is 65.0 Å². The lowest BCUT2D eigenvalue weighted by atomic mass is 9.91. The van der Waals surface area contributed by atoms with Gasteiger partial charge in [-0.05, 0) is 46.7 Å². The number of piperidine rings is 1. The monoisotopic (exact) mass is 299 g/mol. The summed E-state index contributed by atoms with van der Waals surface area (Å²) in [5.74, 6) is 0. The molecule has 2 heterocycles. The molecule has 2 N–H and O–H groups in total. The van der Waals surface area contributed by atoms with Gasteiger partial charge in [0.1, 0.15) is 5.60 Å². The van der Waals surface area contributed by atoms with Crippen LogP contribution in [-0.4, -0.2) is 78.0 Å². The Morgan fingerprint density at radius 3 is 2.29 bits per heavy atom. The number of carbonyl (C=O) groups is 1. The lowest BCUT2D eigenvalue weighted by molar-refractivity contribution is -0.0337. The molecule has 0 saturated carbocycles. The van der Waals surface area contributed by atoms with Crippen molar-refractivity contribution in [2.24, 2.45) is 0 Å². The number of amides is 1. The molecule has 2 saturated heterocycles. The Kier molecular flexibility index (Phi) is 5.11. The van der Waals surface area contributed by atoms with Crippen LogP contribution in [0.5, 0.6) is 0 Å². The fourth-order valence-electron chi connectivity index (χ4n) is 2.88. The van der Waals surface area contributed by atoms with Crippen LogP contribution < -0.4 is 5.32 Å². The molecule has 0 aromatic rings. The van der Waals surface area contributed by atoms with Gasteiger partial charge in [-0.2, -0.15) is 0 Å². The zero-order chi connectivity index (χ0) is 15.5. The molecule has 6 nitrogen and oxygen atoms in total. The van der Waals surface area contributed by atoms with E-state index in [0.29, 0.717) is 19.6 Å². The molecule has 0 radical (unpaired) electrons. The molecule has 0 unspecified atom stereocenters. The summed E-state index contributed by atoms with van der Waals surface area (Å²) in [5.41, 5.74) is -1.02. The van der Waals surface area contributed by atoms with Gasteiger partial charge in [-0.25, -0.2) is 4.79 Å². The van der Waals surface area contributed by atoms with E-state index in [9.17, 15) is 9.90 Å². The van der Waals surface area contributed by atoms with Crippen LogP contribution in [0.25, 0.3) is 0 Å². The molecule has 0 atom stereocenters. The highest BCUT2D eigenvalue weighted by molar-refractivity contribution is 5.68. The SMILES string of the molecule is CC(C)(C)OC(=O)N1CCN(CC2(O)CCNCC2)CC1. The first kappa shape index (κ1) is 16.5. The van der Waals surface area contributed by atoms with E-state index in [0.717, 1.165) is 39.0 Å². The predicted octanol–water partition coefficient (Wildman–Crippen LogP) is 0.654. The maximum absolute atomic E-state index is 12.0. The average molecular weight is 299 g/mol. The standard InChI is InChI=1S/C15H29N3O3/c1-14(2,3)21-13(19)18-10-8-17(9-11-18)12-15(20)4-6-16-7-5-15/h16,20H,4-12H2,1-3H3. The number of hydrogen-bond acceptors (Lipinski definition) is 5. The number of rotatable bonds is 2. The van der Waals surface area contributed by atoms with E-state index in [2.05, 4.69) is 10.2 Å². The van der Waals surface area contributed by atoms with E-state index in [-0.39, 0.29) is 6.09 Å². The predicted molar refractivity (Wildman–Crippen MR) is 81.3 cm³/mol. The van der Waals surface area contributed by atoms with E-state index < -0.39 is 11.2 Å². The highest BCUT2D eigenvalue weighted by Crippen LogP contribution is 2.20. The molecule has 2 fully saturated rings. The first-order chi connectivity index (χ1) is 9.77. The number of carbonyl (C=O) groups excluding carboxylic acids is 1. The first-order valence-electron chi connectivity index (χ1n) is 7.91. The molecule has 0 aliphatic carbocycles. The van der Waals surface area contributed by atoms with Crippen LogP contribution in [0, 0.1) is 0 Å². The summed E-state index contributed by atoms with van der Waals surface area (Å²) >= 11 is 0. The molecule has 6 heteroatoms. The van der Waals surface area contributed by atoms with Crippen LogP contribution in [0.4, 0.5) is 4.79 Å². The number of β-amino-alcohol motifs (C(OH)–C–C–N with tert-alkyl or cyclic N) is 1. The van der Waals surface area contributed by atoms with Crippen molar-refractivity contribution < 1.29 is 14.6 Å². The minimum absolute atomic E-state index is 0.234. The number of nitrogens with zero attached hydrogens (tertiary/aromatic N) is 2. The van der Waals surface area contributed by atoms with E-state index >= 15 is 0 Å². The maximum atomic E-state index is 12.0. The van der Waals surface area contributed by atoms with Gasteiger partial charge in [-0.3, -0.25) is 4.90 Å². The molecule has 0 spiro atoms. The van der Waals surface area contributed by atoms with Gasteiger partial charge < -0.3 is 20.1 Å². The number of aliphatic hydroxyl groups is 1. The Morgan fingerprint density at radius 2 is 1.76 bits per heavy atom. The van der Waals surface area contributed by atoms with Crippen molar-refractivity contribution in [3.8, 4) is 0 Å². The third-order valence-electron chi connectivity index (χ3n) is 4.08. The van der Waals surface area contributed by atoms with Crippen LogP contribution in [-0.2, 0) is 4.74 Å².